The maximum atomic E-state index is 13.3. The predicted molar refractivity (Wildman–Crippen MR) is 116 cm³/mol. The van der Waals surface area contributed by atoms with Crippen molar-refractivity contribution in [1.29, 1.82) is 0 Å². The summed E-state index contributed by atoms with van der Waals surface area (Å²) in [6, 6.07) is 8.20. The van der Waals surface area contributed by atoms with Crippen LogP contribution in [-0.2, 0) is 16.1 Å². The van der Waals surface area contributed by atoms with Crippen molar-refractivity contribution >= 4 is 17.5 Å². The van der Waals surface area contributed by atoms with Gasteiger partial charge < -0.3 is 23.5 Å². The number of fused-ring (bicyclic) bond motifs is 2. The summed E-state index contributed by atoms with van der Waals surface area (Å²) in [6.07, 6.45) is 0. The van der Waals surface area contributed by atoms with Crippen LogP contribution in [0.2, 0.25) is 0 Å². The van der Waals surface area contributed by atoms with Crippen molar-refractivity contribution in [2.75, 3.05) is 25.9 Å². The lowest BCUT2D eigenvalue weighted by Crippen LogP contribution is -2.39. The smallest absolute Gasteiger partial charge is 0.263 e. The summed E-state index contributed by atoms with van der Waals surface area (Å²) in [5.41, 5.74) is 0.999. The molecule has 178 valence electrons. The molecule has 6 rings (SSSR count). The van der Waals surface area contributed by atoms with Crippen LogP contribution in [0, 0.1) is 0 Å². The molecular weight excluding hydrogens is 460 g/mol. The van der Waals surface area contributed by atoms with E-state index in [4.69, 9.17) is 23.5 Å². The minimum atomic E-state index is -0.976. The molecule has 2 amide bonds. The van der Waals surface area contributed by atoms with E-state index in [0.29, 0.717) is 40.1 Å². The number of hydrogen-bond acceptors (Lipinski definition) is 12. The van der Waals surface area contributed by atoms with Gasteiger partial charge in [-0.25, -0.2) is 4.90 Å². The summed E-state index contributed by atoms with van der Waals surface area (Å²) in [7, 11) is 2.97. The normalized spacial score (nSPS) is 20.1. The van der Waals surface area contributed by atoms with Crippen LogP contribution in [0.5, 0.6) is 23.0 Å². The Morgan fingerprint density at radius 2 is 1.77 bits per heavy atom. The van der Waals surface area contributed by atoms with Crippen molar-refractivity contribution in [3.63, 3.8) is 0 Å². The van der Waals surface area contributed by atoms with E-state index in [1.807, 2.05) is 0 Å². The van der Waals surface area contributed by atoms with E-state index in [1.165, 1.54) is 19.2 Å². The quantitative estimate of drug-likeness (QED) is 0.483. The Hall–Kier alpha value is -4.68. The molecule has 3 aromatic rings. The highest BCUT2D eigenvalue weighted by Gasteiger charge is 2.55. The molecule has 3 aliphatic rings. The monoisotopic (exact) mass is 478 g/mol. The van der Waals surface area contributed by atoms with Crippen LogP contribution < -0.4 is 23.8 Å². The Kier molecular flexibility index (Phi) is 4.76. The van der Waals surface area contributed by atoms with E-state index in [9.17, 15) is 9.59 Å². The Bertz CT molecular complexity index is 1350. The zero-order valence-electron chi connectivity index (χ0n) is 18.6. The van der Waals surface area contributed by atoms with Gasteiger partial charge in [-0.15, -0.1) is 0 Å². The highest BCUT2D eigenvalue weighted by Crippen LogP contribution is 2.37. The number of hydrogen-bond donors (Lipinski definition) is 0. The molecule has 2 atom stereocenters. The number of methoxy groups -OCH3 is 2. The summed E-state index contributed by atoms with van der Waals surface area (Å²) >= 11 is 0. The van der Waals surface area contributed by atoms with E-state index < -0.39 is 23.9 Å². The molecule has 13 nitrogen and oxygen atoms in total. The number of ether oxygens (including phenoxy) is 4. The van der Waals surface area contributed by atoms with E-state index in [-0.39, 0.29) is 19.2 Å². The van der Waals surface area contributed by atoms with Crippen LogP contribution in [0.1, 0.15) is 5.89 Å². The number of imide groups is 1. The predicted octanol–water partition coefficient (Wildman–Crippen LogP) is 1.98. The van der Waals surface area contributed by atoms with Gasteiger partial charge in [-0.3, -0.25) is 14.6 Å². The fourth-order valence-corrected chi connectivity index (χ4v) is 4.14. The molecule has 0 bridgehead atoms. The van der Waals surface area contributed by atoms with Crippen molar-refractivity contribution in [1.82, 2.24) is 15.1 Å². The third-order valence-corrected chi connectivity index (χ3v) is 5.85. The van der Waals surface area contributed by atoms with Crippen LogP contribution in [-0.4, -0.2) is 60.1 Å². The fraction of sp³-hybridized carbons (Fsp3) is 0.273. The van der Waals surface area contributed by atoms with Crippen molar-refractivity contribution in [2.24, 2.45) is 10.3 Å². The van der Waals surface area contributed by atoms with Crippen LogP contribution in [0.15, 0.2) is 51.3 Å². The van der Waals surface area contributed by atoms with E-state index in [2.05, 4.69) is 20.5 Å². The molecule has 1 fully saturated rings. The molecule has 0 unspecified atom stereocenters. The van der Waals surface area contributed by atoms with Gasteiger partial charge >= 0.3 is 0 Å². The van der Waals surface area contributed by atoms with Gasteiger partial charge in [0.15, 0.2) is 23.6 Å². The molecule has 13 heteroatoms. The molecule has 0 spiro atoms. The van der Waals surface area contributed by atoms with Gasteiger partial charge in [0.2, 0.25) is 18.5 Å². The van der Waals surface area contributed by atoms with E-state index in [1.54, 1.807) is 36.4 Å². The van der Waals surface area contributed by atoms with Crippen molar-refractivity contribution < 1.29 is 33.1 Å². The standard InChI is InChI=1S/C22H18N6O7/c1-31-13-6-12(7-14(8-13)32-2)28-21(29)18-19(22(28)30)27(26-24-18)9-17-23-20(25-35-17)11-3-4-15-16(5-11)34-10-33-15/h3-8,18-19H,9-10H2,1-2H3/t18-,19-/m0/s1. The molecule has 1 aromatic heterocycles. The number of aromatic nitrogens is 2. The number of amides is 2. The minimum Gasteiger partial charge on any atom is -0.497 e. The first-order chi connectivity index (χ1) is 17.1. The van der Waals surface area contributed by atoms with Crippen LogP contribution in [0.4, 0.5) is 5.69 Å². The van der Waals surface area contributed by atoms with E-state index in [0.717, 1.165) is 4.90 Å². The fourth-order valence-electron chi connectivity index (χ4n) is 4.14. The van der Waals surface area contributed by atoms with Gasteiger partial charge in [-0.05, 0) is 18.2 Å². The number of benzene rings is 2. The third kappa shape index (κ3) is 3.39. The second-order valence-corrected chi connectivity index (χ2v) is 7.85. The average Bonchev–Trinajstić information content (AvgIpc) is 3.65. The van der Waals surface area contributed by atoms with Crippen LogP contribution in [0.25, 0.3) is 11.4 Å². The Morgan fingerprint density at radius 1 is 1.00 bits per heavy atom. The Labute approximate surface area is 197 Å². The van der Waals surface area contributed by atoms with Gasteiger partial charge in [-0.2, -0.15) is 10.1 Å². The lowest BCUT2D eigenvalue weighted by atomic mass is 10.1. The molecule has 0 aliphatic carbocycles. The summed E-state index contributed by atoms with van der Waals surface area (Å²) in [6.45, 7) is 0.154. The lowest BCUT2D eigenvalue weighted by molar-refractivity contribution is -0.123. The molecule has 3 aliphatic heterocycles. The zero-order valence-corrected chi connectivity index (χ0v) is 18.6. The minimum absolute atomic E-state index is 0.00346. The molecule has 0 radical (unpaired) electrons. The summed E-state index contributed by atoms with van der Waals surface area (Å²) in [5.74, 6) is 1.70. The second kappa shape index (κ2) is 7.97. The average molecular weight is 478 g/mol. The van der Waals surface area contributed by atoms with Gasteiger partial charge in [0, 0.05) is 23.8 Å². The SMILES string of the molecule is COc1cc(OC)cc(N2C(=O)[C@H]3N=NN(Cc4nc(-c5ccc6c(c5)OCO6)no4)[C@@H]3C2=O)c1. The third-order valence-electron chi connectivity index (χ3n) is 5.85. The topological polar surface area (TPSA) is 141 Å². The number of rotatable bonds is 6. The Morgan fingerprint density at radius 3 is 2.54 bits per heavy atom. The summed E-state index contributed by atoms with van der Waals surface area (Å²) in [5, 5.41) is 13.4. The molecule has 0 N–H and O–H groups in total. The highest BCUT2D eigenvalue weighted by molar-refractivity contribution is 6.25. The van der Waals surface area contributed by atoms with Gasteiger partial charge in [0.05, 0.1) is 19.9 Å². The van der Waals surface area contributed by atoms with Crippen molar-refractivity contribution in [2.45, 2.75) is 18.6 Å². The summed E-state index contributed by atoms with van der Waals surface area (Å²) in [4.78, 5) is 31.8. The first kappa shape index (κ1) is 20.9. The molecule has 35 heavy (non-hydrogen) atoms. The van der Waals surface area contributed by atoms with Gasteiger partial charge in [0.25, 0.3) is 11.8 Å². The lowest BCUT2D eigenvalue weighted by Gasteiger charge is -2.20. The molecule has 2 aromatic carbocycles. The first-order valence-electron chi connectivity index (χ1n) is 10.6. The maximum Gasteiger partial charge on any atom is 0.263 e. The zero-order chi connectivity index (χ0) is 24.1. The van der Waals surface area contributed by atoms with E-state index >= 15 is 0 Å². The maximum absolute atomic E-state index is 13.3. The number of anilines is 1. The number of carbonyl (C=O) groups excluding carboxylic acids is 2. The van der Waals surface area contributed by atoms with Crippen LogP contribution in [0.3, 0.4) is 0 Å². The van der Waals surface area contributed by atoms with Gasteiger partial charge in [0.1, 0.15) is 18.0 Å². The van der Waals surface area contributed by atoms with Crippen LogP contribution >= 0.6 is 0 Å². The highest BCUT2D eigenvalue weighted by atomic mass is 16.7. The largest absolute Gasteiger partial charge is 0.497 e. The second-order valence-electron chi connectivity index (χ2n) is 7.85. The first-order valence-corrected chi connectivity index (χ1v) is 10.6. The molecule has 1 saturated heterocycles. The molecule has 0 saturated carbocycles. The number of nitrogens with zero attached hydrogens (tertiary/aromatic N) is 6. The number of carbonyl (C=O) groups is 2. The van der Waals surface area contributed by atoms with Crippen molar-refractivity contribution in [3.8, 4) is 34.4 Å². The Balaban J connectivity index is 1.23. The molecular formula is C22H18N6O7. The summed E-state index contributed by atoms with van der Waals surface area (Å²) < 4.78 is 26.6. The van der Waals surface area contributed by atoms with Gasteiger partial charge in [-0.1, -0.05) is 10.4 Å². The van der Waals surface area contributed by atoms with Crippen molar-refractivity contribution in [3.05, 3.63) is 42.3 Å². The molecule has 4 heterocycles.